The Hall–Kier alpha value is -3.53. The van der Waals surface area contributed by atoms with Crippen LogP contribution in [0.25, 0.3) is 22.5 Å². The number of phenols is 2. The lowest BCUT2D eigenvalue weighted by atomic mass is 9.87. The summed E-state index contributed by atoms with van der Waals surface area (Å²) in [6.45, 7) is 9.43. The molecule has 4 heteroatoms. The van der Waals surface area contributed by atoms with Crippen LogP contribution in [0.1, 0.15) is 44.4 Å². The molecule has 0 fully saturated rings. The highest BCUT2D eigenvalue weighted by Crippen LogP contribution is 2.34. The van der Waals surface area contributed by atoms with Crippen molar-refractivity contribution in [2.24, 2.45) is 0 Å². The molecular formula is C28H30N2O2. The predicted molar refractivity (Wildman–Crippen MR) is 130 cm³/mol. The van der Waals surface area contributed by atoms with Crippen LogP contribution in [-0.2, 0) is 18.4 Å². The smallest absolute Gasteiger partial charge is 0.115 e. The highest BCUT2D eigenvalue weighted by molar-refractivity contribution is 5.75. The molecule has 4 rings (SSSR count). The summed E-state index contributed by atoms with van der Waals surface area (Å²) in [5.74, 6) is 0.485. The molecule has 2 N–H and O–H groups in total. The van der Waals surface area contributed by atoms with Crippen molar-refractivity contribution in [1.29, 1.82) is 0 Å². The quantitative estimate of drug-likeness (QED) is 0.381. The van der Waals surface area contributed by atoms with Crippen molar-refractivity contribution in [2.45, 2.75) is 46.1 Å². The van der Waals surface area contributed by atoms with Crippen LogP contribution in [0, 0.1) is 0 Å². The number of aromatic hydroxyl groups is 2. The summed E-state index contributed by atoms with van der Waals surface area (Å²) in [5.41, 5.74) is 7.71. The highest BCUT2D eigenvalue weighted by atomic mass is 16.3. The summed E-state index contributed by atoms with van der Waals surface area (Å²) < 4.78 is 2.06. The summed E-state index contributed by atoms with van der Waals surface area (Å²) >= 11 is 0. The molecule has 1 heterocycles. The van der Waals surface area contributed by atoms with Gasteiger partial charge in [0, 0.05) is 16.7 Å². The summed E-state index contributed by atoms with van der Waals surface area (Å²) in [6, 6.07) is 23.2. The van der Waals surface area contributed by atoms with Gasteiger partial charge < -0.3 is 10.2 Å². The number of aromatic nitrogens is 2. The van der Waals surface area contributed by atoms with E-state index in [0.717, 1.165) is 34.5 Å². The Morgan fingerprint density at radius 2 is 1.28 bits per heavy atom. The molecule has 0 aliphatic carbocycles. The largest absolute Gasteiger partial charge is 0.508 e. The van der Waals surface area contributed by atoms with Crippen LogP contribution in [0.5, 0.6) is 11.5 Å². The van der Waals surface area contributed by atoms with E-state index in [-0.39, 0.29) is 16.9 Å². The van der Waals surface area contributed by atoms with E-state index in [1.165, 1.54) is 11.1 Å². The first kappa shape index (κ1) is 21.7. The monoisotopic (exact) mass is 426 g/mol. The van der Waals surface area contributed by atoms with Crippen molar-refractivity contribution in [3.8, 4) is 34.0 Å². The molecule has 0 aliphatic rings. The van der Waals surface area contributed by atoms with Crippen molar-refractivity contribution < 1.29 is 10.2 Å². The second kappa shape index (κ2) is 8.54. The molecular weight excluding hydrogens is 396 g/mol. The molecule has 0 unspecified atom stereocenters. The molecule has 0 bridgehead atoms. The highest BCUT2D eigenvalue weighted by Gasteiger charge is 2.20. The molecule has 0 amide bonds. The van der Waals surface area contributed by atoms with E-state index in [1.54, 1.807) is 24.3 Å². The summed E-state index contributed by atoms with van der Waals surface area (Å²) in [5, 5.41) is 24.5. The molecule has 3 aromatic carbocycles. The summed E-state index contributed by atoms with van der Waals surface area (Å²) in [7, 11) is 0. The summed E-state index contributed by atoms with van der Waals surface area (Å²) in [6.07, 6.45) is 0.815. The Kier molecular flexibility index (Phi) is 5.79. The SMILES string of the molecule is CCc1c(-c2ccc(O)cc2)nn(Cc2ccc(C(C)(C)C)cc2)c1-c1ccc(O)cc1. The third kappa shape index (κ3) is 4.40. The number of nitrogens with zero attached hydrogens (tertiary/aromatic N) is 2. The molecule has 0 saturated heterocycles. The number of hydrogen-bond acceptors (Lipinski definition) is 3. The molecule has 0 aliphatic heterocycles. The van der Waals surface area contributed by atoms with Crippen molar-refractivity contribution in [1.82, 2.24) is 9.78 Å². The zero-order valence-corrected chi connectivity index (χ0v) is 19.1. The Morgan fingerprint density at radius 3 is 1.78 bits per heavy atom. The van der Waals surface area contributed by atoms with Crippen LogP contribution >= 0.6 is 0 Å². The standard InChI is InChI=1S/C28H30N2O2/c1-5-25-26(20-8-14-23(31)15-9-20)29-30(27(25)21-10-16-24(32)17-11-21)18-19-6-12-22(13-7-19)28(2,3)4/h6-17,31-32H,5,18H2,1-4H3. The van der Waals surface area contributed by atoms with Gasteiger partial charge in [-0.2, -0.15) is 5.10 Å². The first-order chi connectivity index (χ1) is 15.3. The third-order valence-corrected chi connectivity index (χ3v) is 5.84. The van der Waals surface area contributed by atoms with E-state index in [2.05, 4.69) is 56.6 Å². The number of rotatable bonds is 5. The van der Waals surface area contributed by atoms with Gasteiger partial charge in [-0.25, -0.2) is 0 Å². The zero-order chi connectivity index (χ0) is 22.9. The average molecular weight is 427 g/mol. The van der Waals surface area contributed by atoms with Crippen LogP contribution in [-0.4, -0.2) is 20.0 Å². The Labute approximate surface area is 189 Å². The van der Waals surface area contributed by atoms with Gasteiger partial charge in [0.05, 0.1) is 17.9 Å². The molecule has 32 heavy (non-hydrogen) atoms. The van der Waals surface area contributed by atoms with E-state index >= 15 is 0 Å². The van der Waals surface area contributed by atoms with E-state index in [1.807, 2.05) is 24.3 Å². The molecule has 0 atom stereocenters. The van der Waals surface area contributed by atoms with Crippen LogP contribution in [0.15, 0.2) is 72.8 Å². The lowest BCUT2D eigenvalue weighted by molar-refractivity contribution is 0.475. The van der Waals surface area contributed by atoms with Crippen LogP contribution < -0.4 is 0 Å². The maximum absolute atomic E-state index is 9.79. The fourth-order valence-electron chi connectivity index (χ4n) is 4.03. The van der Waals surface area contributed by atoms with Gasteiger partial charge in [-0.15, -0.1) is 0 Å². The maximum atomic E-state index is 9.79. The minimum absolute atomic E-state index is 0.114. The van der Waals surface area contributed by atoms with E-state index in [4.69, 9.17) is 5.10 Å². The number of phenolic OH excluding ortho intramolecular Hbond substituents is 2. The van der Waals surface area contributed by atoms with Crippen LogP contribution in [0.3, 0.4) is 0 Å². The van der Waals surface area contributed by atoms with E-state index in [9.17, 15) is 10.2 Å². The topological polar surface area (TPSA) is 58.3 Å². The van der Waals surface area contributed by atoms with Gasteiger partial charge in [0.15, 0.2) is 0 Å². The Bertz CT molecular complexity index is 1200. The maximum Gasteiger partial charge on any atom is 0.115 e. The van der Waals surface area contributed by atoms with Crippen molar-refractivity contribution >= 4 is 0 Å². The third-order valence-electron chi connectivity index (χ3n) is 5.84. The lowest BCUT2D eigenvalue weighted by Gasteiger charge is -2.19. The number of hydrogen-bond donors (Lipinski definition) is 2. The first-order valence-corrected chi connectivity index (χ1v) is 11.0. The van der Waals surface area contributed by atoms with Crippen molar-refractivity contribution in [3.63, 3.8) is 0 Å². The second-order valence-electron chi connectivity index (χ2n) is 9.23. The van der Waals surface area contributed by atoms with E-state index < -0.39 is 0 Å². The molecule has 0 saturated carbocycles. The van der Waals surface area contributed by atoms with Gasteiger partial charge in [0.25, 0.3) is 0 Å². The van der Waals surface area contributed by atoms with Crippen molar-refractivity contribution in [3.05, 3.63) is 89.5 Å². The predicted octanol–water partition coefficient (Wildman–Crippen LogP) is 6.54. The Balaban J connectivity index is 1.82. The normalized spacial score (nSPS) is 11.6. The average Bonchev–Trinajstić information content (AvgIpc) is 3.12. The minimum atomic E-state index is 0.114. The molecule has 1 aromatic heterocycles. The minimum Gasteiger partial charge on any atom is -0.508 e. The van der Waals surface area contributed by atoms with Gasteiger partial charge in [-0.05, 0) is 71.5 Å². The molecule has 4 aromatic rings. The van der Waals surface area contributed by atoms with Gasteiger partial charge >= 0.3 is 0 Å². The molecule has 0 radical (unpaired) electrons. The fraction of sp³-hybridized carbons (Fsp3) is 0.250. The summed E-state index contributed by atoms with van der Waals surface area (Å²) in [4.78, 5) is 0. The molecule has 4 nitrogen and oxygen atoms in total. The first-order valence-electron chi connectivity index (χ1n) is 11.0. The van der Waals surface area contributed by atoms with Gasteiger partial charge in [-0.1, -0.05) is 52.0 Å². The van der Waals surface area contributed by atoms with Gasteiger partial charge in [0.1, 0.15) is 11.5 Å². The van der Waals surface area contributed by atoms with Gasteiger partial charge in [-0.3, -0.25) is 4.68 Å². The molecule has 0 spiro atoms. The fourth-order valence-corrected chi connectivity index (χ4v) is 4.03. The number of benzene rings is 3. The second-order valence-corrected chi connectivity index (χ2v) is 9.23. The van der Waals surface area contributed by atoms with Gasteiger partial charge in [0.2, 0.25) is 0 Å². The zero-order valence-electron chi connectivity index (χ0n) is 19.1. The lowest BCUT2D eigenvalue weighted by Crippen LogP contribution is -2.11. The van der Waals surface area contributed by atoms with E-state index in [0.29, 0.717) is 6.54 Å². The molecule has 164 valence electrons. The Morgan fingerprint density at radius 1 is 0.750 bits per heavy atom. The van der Waals surface area contributed by atoms with Crippen LogP contribution in [0.2, 0.25) is 0 Å². The van der Waals surface area contributed by atoms with Crippen molar-refractivity contribution in [2.75, 3.05) is 0 Å². The van der Waals surface area contributed by atoms with Crippen LogP contribution in [0.4, 0.5) is 0 Å².